The van der Waals surface area contributed by atoms with E-state index in [-0.39, 0.29) is 20.3 Å². The molecule has 0 fully saturated rings. The summed E-state index contributed by atoms with van der Waals surface area (Å²) in [4.78, 5) is 0. The van der Waals surface area contributed by atoms with Crippen LogP contribution in [0, 0.1) is 0 Å². The molecule has 0 amide bonds. The third-order valence-electron chi connectivity index (χ3n) is 1.32. The molecule has 0 radical (unpaired) electrons. The van der Waals surface area contributed by atoms with E-state index < -0.39 is 59.3 Å². The van der Waals surface area contributed by atoms with Gasteiger partial charge in [-0.1, -0.05) is 0 Å². The van der Waals surface area contributed by atoms with Crippen LogP contribution in [-0.4, -0.2) is 69.6 Å². The molecule has 0 aliphatic rings. The van der Waals surface area contributed by atoms with Gasteiger partial charge < -0.3 is 1.43 Å². The zero-order chi connectivity index (χ0) is 17.1. The summed E-state index contributed by atoms with van der Waals surface area (Å²) in [6.07, 6.45) is 0.916. The molecule has 22 heavy (non-hydrogen) atoms. The van der Waals surface area contributed by atoms with Crippen molar-refractivity contribution in [3.63, 3.8) is 0 Å². The second kappa shape index (κ2) is 8.41. The SMILES string of the molecule is CS(=O)(=O)OB(OS(C)(=O)=O)OS(=O)(=O)CCS(=O)(=O)O.[H-].[Li+]. The molecule has 0 aliphatic carbocycles. The monoisotopic (exact) mass is 398 g/mol. The van der Waals surface area contributed by atoms with Crippen molar-refractivity contribution < 1.29 is 70.8 Å². The summed E-state index contributed by atoms with van der Waals surface area (Å²) in [5.41, 5.74) is 0. The number of hydrogen-bond acceptors (Lipinski definition) is 11. The molecule has 1 N–H and O–H groups in total. The molecule has 0 saturated carbocycles. The molecule has 0 heterocycles. The fourth-order valence-electron chi connectivity index (χ4n) is 0.709. The van der Waals surface area contributed by atoms with Crippen molar-refractivity contribution in [1.82, 2.24) is 0 Å². The number of rotatable bonds is 9. The smallest absolute Gasteiger partial charge is 1.00 e. The average Bonchev–Trinajstić information content (AvgIpc) is 2.06. The van der Waals surface area contributed by atoms with Gasteiger partial charge in [0.2, 0.25) is 0 Å². The van der Waals surface area contributed by atoms with Crippen LogP contribution in [0.3, 0.4) is 0 Å². The van der Waals surface area contributed by atoms with E-state index in [4.69, 9.17) is 4.55 Å². The summed E-state index contributed by atoms with van der Waals surface area (Å²) < 4.78 is 107. The number of hydrogen-bond donors (Lipinski definition) is 1. The predicted molar refractivity (Wildman–Crippen MR) is 70.0 cm³/mol. The Hall–Kier alpha value is 0.302. The maximum atomic E-state index is 11.3. The summed E-state index contributed by atoms with van der Waals surface area (Å²) in [5.74, 6) is -2.55. The van der Waals surface area contributed by atoms with E-state index >= 15 is 0 Å². The first-order valence-corrected chi connectivity index (χ1v) is 11.4. The quantitative estimate of drug-likeness (QED) is 0.287. The van der Waals surface area contributed by atoms with Crippen LogP contribution < -0.4 is 18.9 Å². The van der Waals surface area contributed by atoms with Crippen molar-refractivity contribution in [3.05, 3.63) is 0 Å². The Morgan fingerprint density at radius 1 is 0.818 bits per heavy atom. The Morgan fingerprint density at radius 3 is 1.45 bits per heavy atom. The summed E-state index contributed by atoms with van der Waals surface area (Å²) in [6, 6.07) is 0. The Morgan fingerprint density at radius 2 is 1.18 bits per heavy atom. The van der Waals surface area contributed by atoms with Crippen LogP contribution in [0.1, 0.15) is 1.43 Å². The molecule has 0 unspecified atom stereocenters. The first-order chi connectivity index (χ1) is 8.99. The fourth-order valence-corrected chi connectivity index (χ4v) is 3.66. The van der Waals surface area contributed by atoms with Crippen LogP contribution in [0.4, 0.5) is 0 Å². The predicted octanol–water partition coefficient (Wildman–Crippen LogP) is -5.73. The zero-order valence-electron chi connectivity index (χ0n) is 12.6. The maximum Gasteiger partial charge on any atom is 1.00 e. The second-order valence-corrected chi connectivity index (χ2v) is 10.0. The van der Waals surface area contributed by atoms with Gasteiger partial charge in [-0.2, -0.15) is 8.42 Å². The molecule has 0 aliphatic heterocycles. The molecule has 0 aromatic carbocycles. The molecule has 128 valence electrons. The summed E-state index contributed by atoms with van der Waals surface area (Å²) in [5, 5.41) is 0. The Bertz CT molecular complexity index is 735. The Balaban J connectivity index is -0.00000200. The van der Waals surface area contributed by atoms with Crippen molar-refractivity contribution in [1.29, 1.82) is 0 Å². The van der Waals surface area contributed by atoms with E-state index in [1.165, 1.54) is 0 Å². The van der Waals surface area contributed by atoms with E-state index in [0.717, 1.165) is 0 Å². The van der Waals surface area contributed by atoms with Gasteiger partial charge in [-0.05, 0) is 0 Å². The molecule has 18 heteroatoms. The standard InChI is InChI=1S/C4H11BO12S4.Li.H/c1-18(6,7)15-5(16-19(2,8)9)17-21(13,14)4-3-20(10,11)12;;/h3-4H2,1-2H3,(H,10,11,12);;/q;+1;-1. The van der Waals surface area contributed by atoms with Gasteiger partial charge in [0.05, 0.1) is 24.0 Å². The molecule has 0 spiro atoms. The molecule has 0 atom stereocenters. The van der Waals surface area contributed by atoms with Crippen LogP contribution in [-0.2, 0) is 52.8 Å². The summed E-state index contributed by atoms with van der Waals surface area (Å²) in [7, 11) is -20.8. The topological polar surface area (TPSA) is 184 Å². The van der Waals surface area contributed by atoms with Crippen LogP contribution in [0.5, 0.6) is 0 Å². The van der Waals surface area contributed by atoms with Crippen molar-refractivity contribution in [2.24, 2.45) is 0 Å². The molecule has 0 saturated heterocycles. The average molecular weight is 398 g/mol. The molecular formula is C4H12BLiO12S4. The zero-order valence-corrected chi connectivity index (χ0v) is 14.8. The van der Waals surface area contributed by atoms with E-state index in [9.17, 15) is 33.7 Å². The largest absolute Gasteiger partial charge is 1.00 e. The van der Waals surface area contributed by atoms with Crippen LogP contribution in [0.25, 0.3) is 0 Å². The van der Waals surface area contributed by atoms with Gasteiger partial charge in [-0.25, -0.2) is 25.3 Å². The van der Waals surface area contributed by atoms with Crippen LogP contribution in [0.2, 0.25) is 0 Å². The van der Waals surface area contributed by atoms with Gasteiger partial charge in [-0.15, -0.1) is 0 Å². The molecule has 0 aromatic rings. The van der Waals surface area contributed by atoms with E-state index in [2.05, 4.69) is 12.3 Å². The second-order valence-electron chi connectivity index (χ2n) is 3.53. The minimum Gasteiger partial charge on any atom is -1.00 e. The molecular weight excluding hydrogens is 386 g/mol. The van der Waals surface area contributed by atoms with Crippen molar-refractivity contribution >= 4 is 47.8 Å². The van der Waals surface area contributed by atoms with Crippen molar-refractivity contribution in [2.75, 3.05) is 24.0 Å². The van der Waals surface area contributed by atoms with Crippen LogP contribution >= 0.6 is 0 Å². The van der Waals surface area contributed by atoms with Gasteiger partial charge in [0, 0.05) is 0 Å². The van der Waals surface area contributed by atoms with Crippen molar-refractivity contribution in [2.45, 2.75) is 0 Å². The Labute approximate surface area is 142 Å². The van der Waals surface area contributed by atoms with Crippen molar-refractivity contribution in [3.8, 4) is 0 Å². The minimum absolute atomic E-state index is 0. The van der Waals surface area contributed by atoms with E-state index in [1.54, 1.807) is 0 Å². The molecule has 0 rings (SSSR count). The fraction of sp³-hybridized carbons (Fsp3) is 1.00. The molecule has 0 aromatic heterocycles. The van der Waals surface area contributed by atoms with Gasteiger partial charge in [0.25, 0.3) is 40.5 Å². The summed E-state index contributed by atoms with van der Waals surface area (Å²) >= 11 is 0. The van der Waals surface area contributed by atoms with Gasteiger partial charge in [0.1, 0.15) is 0 Å². The third-order valence-corrected chi connectivity index (χ3v) is 4.47. The molecule has 12 nitrogen and oxygen atoms in total. The van der Waals surface area contributed by atoms with E-state index in [0.29, 0.717) is 12.5 Å². The van der Waals surface area contributed by atoms with Crippen LogP contribution in [0.15, 0.2) is 0 Å². The molecule has 0 bridgehead atoms. The maximum absolute atomic E-state index is 11.3. The normalized spacial score (nSPS) is 13.4. The third kappa shape index (κ3) is 15.2. The van der Waals surface area contributed by atoms with Gasteiger partial charge in [0.15, 0.2) is 0 Å². The Kier molecular flexibility index (Phi) is 9.39. The van der Waals surface area contributed by atoms with E-state index in [1.807, 2.05) is 0 Å². The minimum atomic E-state index is -4.78. The van der Waals surface area contributed by atoms with Gasteiger partial charge in [-0.3, -0.25) is 16.9 Å². The van der Waals surface area contributed by atoms with Gasteiger partial charge >= 0.3 is 26.2 Å². The summed E-state index contributed by atoms with van der Waals surface area (Å²) in [6.45, 7) is 0. The first kappa shape index (κ1) is 24.6. The first-order valence-electron chi connectivity index (χ1n) is 4.62.